The first-order valence-corrected chi connectivity index (χ1v) is 9.75. The number of benzene rings is 2. The molecule has 6 N–H and O–H groups in total. The summed E-state index contributed by atoms with van der Waals surface area (Å²) in [4.78, 5) is 0.0497. The van der Waals surface area contributed by atoms with Crippen LogP contribution >= 0.6 is 0 Å². The molecule has 1 heterocycles. The molecule has 8 nitrogen and oxygen atoms in total. The molecule has 28 heavy (non-hydrogen) atoms. The van der Waals surface area contributed by atoms with Gasteiger partial charge in [-0.1, -0.05) is 6.92 Å². The lowest BCUT2D eigenvalue weighted by Crippen LogP contribution is -2.22. The van der Waals surface area contributed by atoms with Crippen LogP contribution in [0.4, 0.5) is 10.1 Å². The smallest absolute Gasteiger partial charge is 0.268 e. The van der Waals surface area contributed by atoms with Gasteiger partial charge in [0.2, 0.25) is 5.96 Å². The second-order valence-corrected chi connectivity index (χ2v) is 7.81. The second-order valence-electron chi connectivity index (χ2n) is 6.00. The summed E-state index contributed by atoms with van der Waals surface area (Å²) in [6, 6.07) is 9.66. The van der Waals surface area contributed by atoms with E-state index in [1.807, 2.05) is 0 Å². The SMILES string of the molecule is CCC(=NN=C(N)N)c1cn(S(=O)(=O)c2ccc(N)cc2)c2ccc(F)cc12. The van der Waals surface area contributed by atoms with E-state index in [2.05, 4.69) is 10.2 Å². The van der Waals surface area contributed by atoms with E-state index in [-0.39, 0.29) is 10.9 Å². The summed E-state index contributed by atoms with van der Waals surface area (Å²) in [7, 11) is -3.95. The highest BCUT2D eigenvalue weighted by molar-refractivity contribution is 7.90. The second kappa shape index (κ2) is 7.31. The quantitative estimate of drug-likeness (QED) is 0.259. The van der Waals surface area contributed by atoms with Crippen molar-refractivity contribution in [1.82, 2.24) is 3.97 Å². The number of hydrogen-bond acceptors (Lipinski definition) is 5. The summed E-state index contributed by atoms with van der Waals surface area (Å²) in [6.07, 6.45) is 1.79. The molecule has 0 spiro atoms. The fourth-order valence-corrected chi connectivity index (χ4v) is 4.16. The number of nitrogen functional groups attached to an aromatic ring is 1. The number of fused-ring (bicyclic) bond motifs is 1. The predicted molar refractivity (Wildman–Crippen MR) is 108 cm³/mol. The Morgan fingerprint density at radius 3 is 2.39 bits per heavy atom. The molecule has 3 rings (SSSR count). The van der Waals surface area contributed by atoms with Gasteiger partial charge in [-0.2, -0.15) is 5.10 Å². The molecule has 0 radical (unpaired) electrons. The topological polar surface area (TPSA) is 142 Å². The van der Waals surface area contributed by atoms with Crippen molar-refractivity contribution >= 4 is 38.3 Å². The van der Waals surface area contributed by atoms with E-state index in [1.54, 1.807) is 6.92 Å². The fraction of sp³-hybridized carbons (Fsp3) is 0.111. The van der Waals surface area contributed by atoms with Gasteiger partial charge >= 0.3 is 0 Å². The Hall–Kier alpha value is -3.40. The molecule has 10 heteroatoms. The highest BCUT2D eigenvalue weighted by Gasteiger charge is 2.23. The summed E-state index contributed by atoms with van der Waals surface area (Å²) in [5.41, 5.74) is 17.9. The maximum Gasteiger partial charge on any atom is 0.268 e. The molecule has 2 aromatic carbocycles. The van der Waals surface area contributed by atoms with E-state index in [9.17, 15) is 12.8 Å². The van der Waals surface area contributed by atoms with E-state index >= 15 is 0 Å². The van der Waals surface area contributed by atoms with Crippen LogP contribution in [0.15, 0.2) is 63.8 Å². The van der Waals surface area contributed by atoms with Crippen molar-refractivity contribution in [1.29, 1.82) is 0 Å². The van der Waals surface area contributed by atoms with Gasteiger partial charge in [0.05, 0.1) is 16.1 Å². The van der Waals surface area contributed by atoms with Crippen molar-refractivity contribution in [2.45, 2.75) is 18.2 Å². The first-order chi connectivity index (χ1) is 13.2. The maximum atomic E-state index is 13.9. The van der Waals surface area contributed by atoms with Gasteiger partial charge in [0.1, 0.15) is 5.82 Å². The lowest BCUT2D eigenvalue weighted by Gasteiger charge is -2.07. The van der Waals surface area contributed by atoms with Gasteiger partial charge in [-0.15, -0.1) is 5.10 Å². The van der Waals surface area contributed by atoms with E-state index < -0.39 is 15.8 Å². The number of aromatic nitrogens is 1. The number of anilines is 1. The first kappa shape index (κ1) is 19.4. The van der Waals surface area contributed by atoms with Gasteiger partial charge in [-0.3, -0.25) is 0 Å². The van der Waals surface area contributed by atoms with Gasteiger partial charge < -0.3 is 17.2 Å². The Morgan fingerprint density at radius 1 is 1.11 bits per heavy atom. The first-order valence-electron chi connectivity index (χ1n) is 8.31. The molecule has 0 bridgehead atoms. The molecule has 0 aliphatic rings. The third-order valence-corrected chi connectivity index (χ3v) is 5.79. The van der Waals surface area contributed by atoms with Crippen molar-refractivity contribution in [3.05, 3.63) is 60.0 Å². The Morgan fingerprint density at radius 2 is 1.79 bits per heavy atom. The third-order valence-electron chi connectivity index (χ3n) is 4.10. The van der Waals surface area contributed by atoms with Crippen LogP contribution in [0, 0.1) is 5.82 Å². The van der Waals surface area contributed by atoms with Crippen LogP contribution in [0.5, 0.6) is 0 Å². The summed E-state index contributed by atoms with van der Waals surface area (Å²) in [6.45, 7) is 1.80. The predicted octanol–water partition coefficient (Wildman–Crippen LogP) is 1.99. The molecule has 0 atom stereocenters. The van der Waals surface area contributed by atoms with Gasteiger partial charge in [0.25, 0.3) is 10.0 Å². The number of halogens is 1. The zero-order valence-corrected chi connectivity index (χ0v) is 15.8. The number of hydrogen-bond donors (Lipinski definition) is 3. The van der Waals surface area contributed by atoms with E-state index in [1.165, 1.54) is 48.7 Å². The van der Waals surface area contributed by atoms with Gasteiger partial charge in [0.15, 0.2) is 0 Å². The number of guanidine groups is 1. The minimum atomic E-state index is -3.95. The molecule has 0 saturated heterocycles. The van der Waals surface area contributed by atoms with Crippen LogP contribution in [-0.4, -0.2) is 24.1 Å². The normalized spacial score (nSPS) is 12.3. The van der Waals surface area contributed by atoms with Crippen LogP contribution in [0.25, 0.3) is 10.9 Å². The van der Waals surface area contributed by atoms with Crippen molar-refractivity contribution < 1.29 is 12.8 Å². The van der Waals surface area contributed by atoms with Gasteiger partial charge in [0, 0.05) is 22.8 Å². The summed E-state index contributed by atoms with van der Waals surface area (Å²) < 4.78 is 41.3. The Labute approximate surface area is 161 Å². The minimum absolute atomic E-state index is 0.0497. The highest BCUT2D eigenvalue weighted by atomic mass is 32.2. The molecule has 0 aliphatic heterocycles. The Kier molecular flexibility index (Phi) is 5.06. The largest absolute Gasteiger partial charge is 0.399 e. The minimum Gasteiger partial charge on any atom is -0.399 e. The zero-order chi connectivity index (χ0) is 20.5. The van der Waals surface area contributed by atoms with Crippen LogP contribution in [0.2, 0.25) is 0 Å². The highest BCUT2D eigenvalue weighted by Crippen LogP contribution is 2.28. The maximum absolute atomic E-state index is 13.9. The monoisotopic (exact) mass is 402 g/mol. The average Bonchev–Trinajstić information content (AvgIpc) is 3.02. The van der Waals surface area contributed by atoms with Crippen molar-refractivity contribution in [2.75, 3.05) is 5.73 Å². The molecular formula is C18H19FN6O2S. The van der Waals surface area contributed by atoms with Crippen LogP contribution in [0.3, 0.4) is 0 Å². The van der Waals surface area contributed by atoms with Crippen LogP contribution in [0.1, 0.15) is 18.9 Å². The fourth-order valence-electron chi connectivity index (χ4n) is 2.79. The number of rotatable bonds is 5. The molecule has 0 amide bonds. The summed E-state index contributed by atoms with van der Waals surface area (Å²) >= 11 is 0. The molecule has 3 aromatic rings. The van der Waals surface area contributed by atoms with Gasteiger partial charge in [-0.05, 0) is 48.9 Å². The van der Waals surface area contributed by atoms with Gasteiger partial charge in [-0.25, -0.2) is 16.8 Å². The molecule has 146 valence electrons. The standard InChI is InChI=1S/C18H19FN6O2S/c1-2-16(23-24-18(21)22)15-10-25(17-8-3-11(19)9-14(15)17)28(26,27)13-6-4-12(20)5-7-13/h3-10H,2,20H2,1H3,(H4,21,22,24). The summed E-state index contributed by atoms with van der Waals surface area (Å²) in [5.74, 6) is -0.746. The molecule has 0 unspecified atom stereocenters. The van der Waals surface area contributed by atoms with E-state index in [0.717, 1.165) is 3.97 Å². The van der Waals surface area contributed by atoms with E-state index in [4.69, 9.17) is 17.2 Å². The summed E-state index contributed by atoms with van der Waals surface area (Å²) in [5, 5.41) is 7.99. The van der Waals surface area contributed by atoms with Crippen LogP contribution in [-0.2, 0) is 10.0 Å². The van der Waals surface area contributed by atoms with Crippen LogP contribution < -0.4 is 17.2 Å². The molecule has 1 aromatic heterocycles. The Balaban J connectivity index is 2.29. The Bertz CT molecular complexity index is 1190. The van der Waals surface area contributed by atoms with E-state index in [0.29, 0.717) is 34.3 Å². The van der Waals surface area contributed by atoms with Crippen molar-refractivity contribution in [3.63, 3.8) is 0 Å². The molecular weight excluding hydrogens is 383 g/mol. The third kappa shape index (κ3) is 3.54. The number of nitrogens with zero attached hydrogens (tertiary/aromatic N) is 3. The van der Waals surface area contributed by atoms with Crippen molar-refractivity contribution in [3.8, 4) is 0 Å². The number of nitrogens with two attached hydrogens (primary N) is 3. The average molecular weight is 402 g/mol. The zero-order valence-electron chi connectivity index (χ0n) is 15.0. The lowest BCUT2D eigenvalue weighted by atomic mass is 10.1. The molecule has 0 aliphatic carbocycles. The molecule has 0 fully saturated rings. The van der Waals surface area contributed by atoms with Crippen molar-refractivity contribution in [2.24, 2.45) is 21.7 Å². The molecule has 0 saturated carbocycles. The lowest BCUT2D eigenvalue weighted by molar-refractivity contribution is 0.589.